The standard InChI is InChI=1S/C13H18N2O3.ClH/c14-10-4-1-9(2-5-10)3-6-13(18)15-7-11(16)12(17)8-15;/h1-2,4-5,11-12,16-17H,3,6-8,14H2;1H/t11-,12-;/m1./s1. The molecule has 106 valence electrons. The summed E-state index contributed by atoms with van der Waals surface area (Å²) < 4.78 is 0. The first-order valence-electron chi connectivity index (χ1n) is 6.04. The van der Waals surface area contributed by atoms with Gasteiger partial charge in [-0.3, -0.25) is 4.79 Å². The van der Waals surface area contributed by atoms with Crippen LogP contribution in [0.25, 0.3) is 0 Å². The van der Waals surface area contributed by atoms with Crippen molar-refractivity contribution in [3.8, 4) is 0 Å². The van der Waals surface area contributed by atoms with Crippen LogP contribution in [0.1, 0.15) is 12.0 Å². The number of halogens is 1. The van der Waals surface area contributed by atoms with Gasteiger partial charge in [-0.15, -0.1) is 12.4 Å². The van der Waals surface area contributed by atoms with E-state index < -0.39 is 12.2 Å². The summed E-state index contributed by atoms with van der Waals surface area (Å²) in [4.78, 5) is 13.4. The molecule has 2 atom stereocenters. The van der Waals surface area contributed by atoms with Crippen molar-refractivity contribution < 1.29 is 15.0 Å². The quantitative estimate of drug-likeness (QED) is 0.692. The van der Waals surface area contributed by atoms with Gasteiger partial charge in [0.2, 0.25) is 5.91 Å². The fourth-order valence-electron chi connectivity index (χ4n) is 2.07. The largest absolute Gasteiger partial charge is 0.399 e. The van der Waals surface area contributed by atoms with Gasteiger partial charge in [0.15, 0.2) is 0 Å². The van der Waals surface area contributed by atoms with E-state index in [2.05, 4.69) is 0 Å². The summed E-state index contributed by atoms with van der Waals surface area (Å²) in [5, 5.41) is 18.8. The second-order valence-corrected chi connectivity index (χ2v) is 4.67. The van der Waals surface area contributed by atoms with E-state index in [-0.39, 0.29) is 31.4 Å². The highest BCUT2D eigenvalue weighted by atomic mass is 35.5. The number of aliphatic hydroxyl groups is 2. The van der Waals surface area contributed by atoms with Crippen LogP contribution in [0.2, 0.25) is 0 Å². The molecule has 0 spiro atoms. The number of β-amino-alcohol motifs (C(OH)–C–C–N with tert-alkyl or cyclic N) is 2. The molecule has 19 heavy (non-hydrogen) atoms. The van der Waals surface area contributed by atoms with Crippen LogP contribution in [0.4, 0.5) is 5.69 Å². The minimum Gasteiger partial charge on any atom is -0.399 e. The molecule has 0 aromatic heterocycles. The Hall–Kier alpha value is -1.30. The van der Waals surface area contributed by atoms with Crippen molar-refractivity contribution in [2.45, 2.75) is 25.0 Å². The Kier molecular flexibility index (Phi) is 5.60. The fourth-order valence-corrected chi connectivity index (χ4v) is 2.07. The van der Waals surface area contributed by atoms with Gasteiger partial charge in [-0.25, -0.2) is 0 Å². The van der Waals surface area contributed by atoms with Crippen molar-refractivity contribution in [2.75, 3.05) is 18.8 Å². The predicted octanol–water partition coefficient (Wildman–Crippen LogP) is 0.187. The molecule has 0 saturated carbocycles. The number of hydrogen-bond acceptors (Lipinski definition) is 4. The summed E-state index contributed by atoms with van der Waals surface area (Å²) in [6.45, 7) is 0.448. The van der Waals surface area contributed by atoms with E-state index in [0.29, 0.717) is 18.5 Å². The summed E-state index contributed by atoms with van der Waals surface area (Å²) in [7, 11) is 0. The maximum absolute atomic E-state index is 11.9. The average Bonchev–Trinajstić information content (AvgIpc) is 2.69. The molecule has 1 aliphatic rings. The number of aliphatic hydroxyl groups excluding tert-OH is 2. The second-order valence-electron chi connectivity index (χ2n) is 4.67. The lowest BCUT2D eigenvalue weighted by molar-refractivity contribution is -0.130. The Bertz CT molecular complexity index is 414. The summed E-state index contributed by atoms with van der Waals surface area (Å²) in [5.74, 6) is -0.0394. The van der Waals surface area contributed by atoms with Crippen LogP contribution in [0.5, 0.6) is 0 Å². The normalized spacial score (nSPS) is 22.1. The van der Waals surface area contributed by atoms with Crippen molar-refractivity contribution in [3.63, 3.8) is 0 Å². The molecule has 1 amide bonds. The average molecular weight is 287 g/mol. The highest BCUT2D eigenvalue weighted by Gasteiger charge is 2.31. The van der Waals surface area contributed by atoms with Gasteiger partial charge >= 0.3 is 0 Å². The molecule has 1 saturated heterocycles. The number of carbonyl (C=O) groups excluding carboxylic acids is 1. The molecule has 6 heteroatoms. The number of anilines is 1. The zero-order valence-electron chi connectivity index (χ0n) is 10.5. The molecule has 0 unspecified atom stereocenters. The van der Waals surface area contributed by atoms with Gasteiger partial charge in [-0.1, -0.05) is 12.1 Å². The number of nitrogens with two attached hydrogens (primary N) is 1. The van der Waals surface area contributed by atoms with Crippen molar-refractivity contribution in [1.29, 1.82) is 0 Å². The lowest BCUT2D eigenvalue weighted by atomic mass is 10.1. The molecule has 4 N–H and O–H groups in total. The van der Waals surface area contributed by atoms with Crippen LogP contribution in [0, 0.1) is 0 Å². The number of nitrogens with zero attached hydrogens (tertiary/aromatic N) is 1. The van der Waals surface area contributed by atoms with E-state index in [1.54, 1.807) is 0 Å². The number of aryl methyl sites for hydroxylation is 1. The molecule has 0 aliphatic carbocycles. The number of amides is 1. The highest BCUT2D eigenvalue weighted by molar-refractivity contribution is 5.85. The van der Waals surface area contributed by atoms with Gasteiger partial charge in [0, 0.05) is 25.2 Å². The van der Waals surface area contributed by atoms with Crippen LogP contribution < -0.4 is 5.73 Å². The lowest BCUT2D eigenvalue weighted by Crippen LogP contribution is -2.29. The first-order valence-corrected chi connectivity index (χ1v) is 6.04. The molecule has 1 aromatic rings. The molecule has 2 rings (SSSR count). The van der Waals surface area contributed by atoms with E-state index in [0.717, 1.165) is 5.56 Å². The zero-order chi connectivity index (χ0) is 13.1. The van der Waals surface area contributed by atoms with Gasteiger partial charge in [-0.2, -0.15) is 0 Å². The zero-order valence-corrected chi connectivity index (χ0v) is 11.3. The molecular formula is C13H19ClN2O3. The summed E-state index contributed by atoms with van der Waals surface area (Å²) in [5.41, 5.74) is 7.34. The molecule has 1 aliphatic heterocycles. The van der Waals surface area contributed by atoms with Crippen LogP contribution in [0.3, 0.4) is 0 Å². The molecule has 1 aromatic carbocycles. The van der Waals surface area contributed by atoms with E-state index in [1.807, 2.05) is 24.3 Å². The predicted molar refractivity (Wildman–Crippen MR) is 75.0 cm³/mol. The third kappa shape index (κ3) is 4.09. The molecular weight excluding hydrogens is 268 g/mol. The Labute approximate surface area is 118 Å². The van der Waals surface area contributed by atoms with E-state index in [1.165, 1.54) is 4.90 Å². The Morgan fingerprint density at radius 3 is 2.26 bits per heavy atom. The second kappa shape index (κ2) is 6.75. The van der Waals surface area contributed by atoms with Crippen molar-refractivity contribution in [2.24, 2.45) is 0 Å². The number of carbonyl (C=O) groups is 1. The lowest BCUT2D eigenvalue weighted by Gasteiger charge is -2.15. The number of benzene rings is 1. The summed E-state index contributed by atoms with van der Waals surface area (Å²) in [6, 6.07) is 7.42. The summed E-state index contributed by atoms with van der Waals surface area (Å²) >= 11 is 0. The van der Waals surface area contributed by atoms with Gasteiger partial charge < -0.3 is 20.8 Å². The topological polar surface area (TPSA) is 86.8 Å². The Balaban J connectivity index is 0.00000180. The van der Waals surface area contributed by atoms with Gasteiger partial charge in [-0.05, 0) is 24.1 Å². The molecule has 1 heterocycles. The molecule has 0 bridgehead atoms. The fraction of sp³-hybridized carbons (Fsp3) is 0.462. The van der Waals surface area contributed by atoms with Crippen LogP contribution in [0.15, 0.2) is 24.3 Å². The molecule has 1 fully saturated rings. The van der Waals surface area contributed by atoms with Crippen molar-refractivity contribution in [3.05, 3.63) is 29.8 Å². The van der Waals surface area contributed by atoms with Crippen molar-refractivity contribution >= 4 is 24.0 Å². The van der Waals surface area contributed by atoms with E-state index in [9.17, 15) is 15.0 Å². The molecule has 0 radical (unpaired) electrons. The smallest absolute Gasteiger partial charge is 0.223 e. The maximum atomic E-state index is 11.9. The van der Waals surface area contributed by atoms with E-state index in [4.69, 9.17) is 5.73 Å². The van der Waals surface area contributed by atoms with Gasteiger partial charge in [0.1, 0.15) is 0 Å². The molecule has 5 nitrogen and oxygen atoms in total. The third-order valence-electron chi connectivity index (χ3n) is 3.22. The van der Waals surface area contributed by atoms with Crippen LogP contribution in [-0.4, -0.2) is 46.3 Å². The highest BCUT2D eigenvalue weighted by Crippen LogP contribution is 2.13. The van der Waals surface area contributed by atoms with Gasteiger partial charge in [0.05, 0.1) is 12.2 Å². The third-order valence-corrected chi connectivity index (χ3v) is 3.22. The monoisotopic (exact) mass is 286 g/mol. The maximum Gasteiger partial charge on any atom is 0.223 e. The number of rotatable bonds is 3. The summed E-state index contributed by atoms with van der Waals surface area (Å²) in [6.07, 6.45) is -0.610. The van der Waals surface area contributed by atoms with Crippen LogP contribution >= 0.6 is 12.4 Å². The Morgan fingerprint density at radius 2 is 1.74 bits per heavy atom. The van der Waals surface area contributed by atoms with Crippen molar-refractivity contribution in [1.82, 2.24) is 4.90 Å². The SMILES string of the molecule is Cl.Nc1ccc(CCC(=O)N2C[C@@H](O)[C@H](O)C2)cc1. The van der Waals surface area contributed by atoms with Crippen LogP contribution in [-0.2, 0) is 11.2 Å². The first-order chi connectivity index (χ1) is 8.56. The Morgan fingerprint density at radius 1 is 1.21 bits per heavy atom. The number of likely N-dealkylation sites (tertiary alicyclic amines) is 1. The first kappa shape index (κ1) is 15.8. The minimum absolute atomic E-state index is 0. The minimum atomic E-state index is -0.814. The van der Waals surface area contributed by atoms with E-state index >= 15 is 0 Å². The number of hydrogen-bond donors (Lipinski definition) is 3. The van der Waals surface area contributed by atoms with Gasteiger partial charge in [0.25, 0.3) is 0 Å². The number of nitrogen functional groups attached to an aromatic ring is 1.